The van der Waals surface area contributed by atoms with Crippen molar-refractivity contribution in [2.75, 3.05) is 0 Å². The monoisotopic (exact) mass is 387 g/mol. The standard InChI is InChI=1S/C20H21NO7/c1-12(22)18(23)26-13(2)19(24)27-14(3)20(25)28-17-11-7-10-16(21-17)15-8-5-4-6-9-15/h4-14,22H,1-3H3/t12-,13-,14?/m0/s1. The Labute approximate surface area is 162 Å². The molecule has 1 unspecified atom stereocenters. The first-order valence-electron chi connectivity index (χ1n) is 8.61. The van der Waals surface area contributed by atoms with E-state index in [1.54, 1.807) is 12.1 Å². The lowest BCUT2D eigenvalue weighted by Crippen LogP contribution is -2.35. The third-order valence-electron chi connectivity index (χ3n) is 3.59. The van der Waals surface area contributed by atoms with Crippen LogP contribution in [0, 0.1) is 0 Å². The predicted octanol–water partition coefficient (Wildman–Crippen LogP) is 1.90. The van der Waals surface area contributed by atoms with E-state index in [0.29, 0.717) is 5.69 Å². The molecule has 28 heavy (non-hydrogen) atoms. The van der Waals surface area contributed by atoms with Crippen molar-refractivity contribution in [3.05, 3.63) is 48.5 Å². The lowest BCUT2D eigenvalue weighted by Gasteiger charge is -2.17. The number of esters is 3. The average Bonchev–Trinajstić information content (AvgIpc) is 2.68. The quantitative estimate of drug-likeness (QED) is 0.717. The first kappa shape index (κ1) is 21.0. The molecule has 0 saturated heterocycles. The van der Waals surface area contributed by atoms with E-state index in [1.807, 2.05) is 30.3 Å². The molecular formula is C20H21NO7. The number of rotatable bonds is 7. The number of carbonyl (C=O) groups excluding carboxylic acids is 3. The molecule has 0 radical (unpaired) electrons. The maximum absolute atomic E-state index is 12.2. The van der Waals surface area contributed by atoms with Crippen LogP contribution in [0.1, 0.15) is 20.8 Å². The van der Waals surface area contributed by atoms with Crippen LogP contribution < -0.4 is 4.74 Å². The highest BCUT2D eigenvalue weighted by molar-refractivity contribution is 5.84. The maximum Gasteiger partial charge on any atom is 0.353 e. The number of carbonyl (C=O) groups is 3. The van der Waals surface area contributed by atoms with E-state index in [2.05, 4.69) is 4.98 Å². The topological polar surface area (TPSA) is 112 Å². The normalized spacial score (nSPS) is 13.7. The first-order chi connectivity index (χ1) is 13.3. The largest absolute Gasteiger partial charge is 0.449 e. The van der Waals surface area contributed by atoms with Crippen molar-refractivity contribution >= 4 is 17.9 Å². The summed E-state index contributed by atoms with van der Waals surface area (Å²) in [5.41, 5.74) is 1.47. The molecule has 0 aliphatic carbocycles. The lowest BCUT2D eigenvalue weighted by molar-refractivity contribution is -0.177. The second kappa shape index (κ2) is 9.61. The molecule has 148 valence electrons. The van der Waals surface area contributed by atoms with E-state index in [9.17, 15) is 14.4 Å². The molecule has 0 aliphatic rings. The molecule has 2 aromatic rings. The van der Waals surface area contributed by atoms with E-state index >= 15 is 0 Å². The zero-order valence-corrected chi connectivity index (χ0v) is 15.7. The molecule has 2 rings (SSSR count). The highest BCUT2D eigenvalue weighted by Gasteiger charge is 2.27. The van der Waals surface area contributed by atoms with E-state index in [-0.39, 0.29) is 5.88 Å². The van der Waals surface area contributed by atoms with E-state index in [1.165, 1.54) is 26.8 Å². The van der Waals surface area contributed by atoms with E-state index < -0.39 is 36.2 Å². The Morgan fingerprint density at radius 2 is 1.43 bits per heavy atom. The Kier molecular flexibility index (Phi) is 7.22. The molecule has 0 spiro atoms. The second-order valence-electron chi connectivity index (χ2n) is 5.98. The summed E-state index contributed by atoms with van der Waals surface area (Å²) in [4.78, 5) is 39.6. The fourth-order valence-electron chi connectivity index (χ4n) is 2.07. The molecule has 0 aliphatic heterocycles. The third-order valence-corrected chi connectivity index (χ3v) is 3.59. The minimum Gasteiger partial charge on any atom is -0.449 e. The molecule has 3 atom stereocenters. The summed E-state index contributed by atoms with van der Waals surface area (Å²) in [6, 6.07) is 14.3. The average molecular weight is 387 g/mol. The molecule has 1 aromatic heterocycles. The van der Waals surface area contributed by atoms with Gasteiger partial charge < -0.3 is 19.3 Å². The van der Waals surface area contributed by atoms with Crippen LogP contribution >= 0.6 is 0 Å². The van der Waals surface area contributed by atoms with Crippen molar-refractivity contribution in [2.24, 2.45) is 0 Å². The van der Waals surface area contributed by atoms with Gasteiger partial charge in [-0.1, -0.05) is 36.4 Å². The third kappa shape index (κ3) is 5.88. The van der Waals surface area contributed by atoms with Crippen molar-refractivity contribution < 1.29 is 33.7 Å². The van der Waals surface area contributed by atoms with Gasteiger partial charge in [0.25, 0.3) is 0 Å². The fraction of sp³-hybridized carbons (Fsp3) is 0.300. The van der Waals surface area contributed by atoms with Crippen molar-refractivity contribution in [1.29, 1.82) is 0 Å². The molecule has 0 amide bonds. The zero-order valence-electron chi connectivity index (χ0n) is 15.7. The molecule has 1 aromatic carbocycles. The smallest absolute Gasteiger partial charge is 0.353 e. The number of pyridine rings is 1. The number of hydrogen-bond donors (Lipinski definition) is 1. The van der Waals surface area contributed by atoms with Crippen LogP contribution in [-0.2, 0) is 23.9 Å². The van der Waals surface area contributed by atoms with Crippen molar-refractivity contribution in [3.63, 3.8) is 0 Å². The molecular weight excluding hydrogens is 366 g/mol. The number of hydrogen-bond acceptors (Lipinski definition) is 8. The van der Waals surface area contributed by atoms with Gasteiger partial charge in [0.2, 0.25) is 5.88 Å². The number of aliphatic hydroxyl groups excluding tert-OH is 1. The highest BCUT2D eigenvalue weighted by atomic mass is 16.6. The maximum atomic E-state index is 12.2. The van der Waals surface area contributed by atoms with Crippen LogP contribution in [0.15, 0.2) is 48.5 Å². The van der Waals surface area contributed by atoms with Gasteiger partial charge in [-0.25, -0.2) is 19.4 Å². The number of benzene rings is 1. The number of nitrogens with zero attached hydrogens (tertiary/aromatic N) is 1. The molecule has 1 N–H and O–H groups in total. The summed E-state index contributed by atoms with van der Waals surface area (Å²) in [6.45, 7) is 3.80. The number of ether oxygens (including phenoxy) is 3. The Morgan fingerprint density at radius 1 is 0.821 bits per heavy atom. The van der Waals surface area contributed by atoms with Crippen LogP contribution in [-0.4, -0.2) is 46.3 Å². The van der Waals surface area contributed by atoms with Crippen molar-refractivity contribution in [2.45, 2.75) is 39.1 Å². The van der Waals surface area contributed by atoms with E-state index in [4.69, 9.17) is 19.3 Å². The van der Waals surface area contributed by atoms with Gasteiger partial charge in [-0.3, -0.25) is 0 Å². The highest BCUT2D eigenvalue weighted by Crippen LogP contribution is 2.19. The van der Waals surface area contributed by atoms with Gasteiger partial charge in [-0.05, 0) is 26.8 Å². The zero-order chi connectivity index (χ0) is 20.7. The van der Waals surface area contributed by atoms with Gasteiger partial charge in [0.05, 0.1) is 5.69 Å². The van der Waals surface area contributed by atoms with E-state index in [0.717, 1.165) is 5.56 Å². The summed E-state index contributed by atoms with van der Waals surface area (Å²) < 4.78 is 14.8. The van der Waals surface area contributed by atoms with Crippen molar-refractivity contribution in [1.82, 2.24) is 4.98 Å². The SMILES string of the molecule is CC(OC(=O)[C@H](C)OC(=O)[C@H](C)O)C(=O)Oc1cccc(-c2ccccc2)n1. The van der Waals surface area contributed by atoms with Gasteiger partial charge in [0.1, 0.15) is 6.10 Å². The van der Waals surface area contributed by atoms with Crippen LogP contribution in [0.3, 0.4) is 0 Å². The Balaban J connectivity index is 1.95. The van der Waals surface area contributed by atoms with Gasteiger partial charge in [0, 0.05) is 11.6 Å². The molecule has 0 saturated carbocycles. The lowest BCUT2D eigenvalue weighted by atomic mass is 10.1. The summed E-state index contributed by atoms with van der Waals surface area (Å²) in [7, 11) is 0. The molecule has 0 bridgehead atoms. The minimum atomic E-state index is -1.37. The van der Waals surface area contributed by atoms with Gasteiger partial charge in [-0.15, -0.1) is 0 Å². The van der Waals surface area contributed by atoms with Gasteiger partial charge >= 0.3 is 17.9 Å². The van der Waals surface area contributed by atoms with Crippen LogP contribution in [0.5, 0.6) is 5.88 Å². The van der Waals surface area contributed by atoms with Crippen LogP contribution in [0.2, 0.25) is 0 Å². The summed E-state index contributed by atoms with van der Waals surface area (Å²) in [6.07, 6.45) is -3.90. The Morgan fingerprint density at radius 3 is 2.07 bits per heavy atom. The second-order valence-corrected chi connectivity index (χ2v) is 5.98. The summed E-state index contributed by atoms with van der Waals surface area (Å²) >= 11 is 0. The van der Waals surface area contributed by atoms with Crippen LogP contribution in [0.4, 0.5) is 0 Å². The predicted molar refractivity (Wildman–Crippen MR) is 98.1 cm³/mol. The summed E-state index contributed by atoms with van der Waals surface area (Å²) in [5.74, 6) is -2.69. The molecule has 0 fully saturated rings. The number of aromatic nitrogens is 1. The minimum absolute atomic E-state index is 0.0582. The van der Waals surface area contributed by atoms with Crippen molar-refractivity contribution in [3.8, 4) is 17.1 Å². The Hall–Kier alpha value is -3.26. The molecule has 8 heteroatoms. The fourth-order valence-corrected chi connectivity index (χ4v) is 2.07. The van der Waals surface area contributed by atoms with Gasteiger partial charge in [-0.2, -0.15) is 0 Å². The first-order valence-corrected chi connectivity index (χ1v) is 8.61. The number of aliphatic hydroxyl groups is 1. The molecule has 8 nitrogen and oxygen atoms in total. The Bertz CT molecular complexity index is 835. The van der Waals surface area contributed by atoms with Crippen LogP contribution in [0.25, 0.3) is 11.3 Å². The summed E-state index contributed by atoms with van der Waals surface area (Å²) in [5, 5.41) is 9.08. The van der Waals surface area contributed by atoms with Gasteiger partial charge in [0.15, 0.2) is 12.2 Å². The molecule has 1 heterocycles.